The lowest BCUT2D eigenvalue weighted by Crippen LogP contribution is -2.25. The van der Waals surface area contributed by atoms with Gasteiger partial charge in [-0.15, -0.1) is 0 Å². The molecule has 96 valence electrons. The maximum absolute atomic E-state index is 13.0. The number of carbonyl (C=O) groups excluding carboxylic acids is 1. The van der Waals surface area contributed by atoms with Crippen molar-refractivity contribution in [2.75, 3.05) is 0 Å². The molecule has 2 N–H and O–H groups in total. The number of carboxylic acids is 1. The molecule has 4 nitrogen and oxygen atoms in total. The van der Waals surface area contributed by atoms with Crippen LogP contribution in [0.4, 0.5) is 4.39 Å². The van der Waals surface area contributed by atoms with Crippen molar-refractivity contribution in [3.8, 4) is 0 Å². The summed E-state index contributed by atoms with van der Waals surface area (Å²) in [5.41, 5.74) is 1.33. The zero-order valence-corrected chi connectivity index (χ0v) is 9.94. The number of benzene rings is 1. The van der Waals surface area contributed by atoms with E-state index in [4.69, 9.17) is 5.11 Å². The van der Waals surface area contributed by atoms with Crippen LogP contribution in [0.15, 0.2) is 18.2 Å². The number of hydrogen-bond donors (Lipinski definition) is 2. The van der Waals surface area contributed by atoms with Gasteiger partial charge in [0.15, 0.2) is 0 Å². The highest BCUT2D eigenvalue weighted by Gasteiger charge is 2.48. The average Bonchev–Trinajstić information content (AvgIpc) is 3.10. The first-order chi connectivity index (χ1) is 8.49. The van der Waals surface area contributed by atoms with Crippen molar-refractivity contribution in [2.24, 2.45) is 11.8 Å². The Bertz CT molecular complexity index is 501. The predicted octanol–water partition coefficient (Wildman–Crippen LogP) is 1.47. The van der Waals surface area contributed by atoms with E-state index >= 15 is 0 Å². The highest BCUT2D eigenvalue weighted by atomic mass is 19.1. The lowest BCUT2D eigenvalue weighted by molar-refractivity contribution is -0.140. The largest absolute Gasteiger partial charge is 0.481 e. The monoisotopic (exact) mass is 251 g/mol. The molecule has 1 amide bonds. The second-order valence-corrected chi connectivity index (χ2v) is 4.59. The first-order valence-corrected chi connectivity index (χ1v) is 5.74. The van der Waals surface area contributed by atoms with E-state index in [1.807, 2.05) is 0 Å². The van der Waals surface area contributed by atoms with E-state index in [-0.39, 0.29) is 11.7 Å². The summed E-state index contributed by atoms with van der Waals surface area (Å²) in [6, 6.07) is 4.62. The van der Waals surface area contributed by atoms with E-state index in [2.05, 4.69) is 5.32 Å². The first-order valence-electron chi connectivity index (χ1n) is 5.74. The van der Waals surface area contributed by atoms with Gasteiger partial charge in [0.25, 0.3) is 0 Å². The molecule has 0 spiro atoms. The third-order valence-electron chi connectivity index (χ3n) is 3.13. The van der Waals surface area contributed by atoms with Gasteiger partial charge < -0.3 is 10.4 Å². The van der Waals surface area contributed by atoms with Crippen LogP contribution < -0.4 is 5.32 Å². The lowest BCUT2D eigenvalue weighted by atomic mass is 10.1. The fourth-order valence-electron chi connectivity index (χ4n) is 1.89. The number of halogens is 1. The molecule has 1 aromatic carbocycles. The fourth-order valence-corrected chi connectivity index (χ4v) is 1.89. The van der Waals surface area contributed by atoms with Crippen LogP contribution in [0.3, 0.4) is 0 Å². The molecule has 2 rings (SSSR count). The maximum Gasteiger partial charge on any atom is 0.307 e. The Labute approximate surface area is 104 Å². The molecule has 0 heterocycles. The van der Waals surface area contributed by atoms with Gasteiger partial charge in [-0.25, -0.2) is 4.39 Å². The van der Waals surface area contributed by atoms with Gasteiger partial charge in [-0.1, -0.05) is 12.1 Å². The zero-order chi connectivity index (χ0) is 13.3. The van der Waals surface area contributed by atoms with Crippen molar-refractivity contribution < 1.29 is 19.1 Å². The lowest BCUT2D eigenvalue weighted by Gasteiger charge is -2.06. The van der Waals surface area contributed by atoms with E-state index in [1.165, 1.54) is 6.07 Å². The predicted molar refractivity (Wildman–Crippen MR) is 62.2 cm³/mol. The Hall–Kier alpha value is -1.91. The van der Waals surface area contributed by atoms with Gasteiger partial charge in [-0.2, -0.15) is 0 Å². The number of aliphatic carboxylic acids is 1. The molecule has 0 bridgehead atoms. The number of carbonyl (C=O) groups is 2. The molecule has 18 heavy (non-hydrogen) atoms. The van der Waals surface area contributed by atoms with Crippen LogP contribution in [0.25, 0.3) is 0 Å². The molecule has 0 radical (unpaired) electrons. The Morgan fingerprint density at radius 2 is 2.17 bits per heavy atom. The molecule has 1 aliphatic rings. The number of aryl methyl sites for hydroxylation is 1. The quantitative estimate of drug-likeness (QED) is 0.851. The van der Waals surface area contributed by atoms with Crippen LogP contribution in [0.1, 0.15) is 17.5 Å². The topological polar surface area (TPSA) is 66.4 Å². The maximum atomic E-state index is 13.0. The fraction of sp³-hybridized carbons (Fsp3) is 0.385. The van der Waals surface area contributed by atoms with Crippen molar-refractivity contribution in [3.05, 3.63) is 35.1 Å². The summed E-state index contributed by atoms with van der Waals surface area (Å²) in [6.45, 7) is 1.95. The Kier molecular flexibility index (Phi) is 3.32. The molecular formula is C13H14FNO3. The molecule has 5 heteroatoms. The van der Waals surface area contributed by atoms with Crippen LogP contribution in [0.2, 0.25) is 0 Å². The summed E-state index contributed by atoms with van der Waals surface area (Å²) in [5, 5.41) is 11.4. The Balaban J connectivity index is 1.87. The van der Waals surface area contributed by atoms with Gasteiger partial charge in [0.1, 0.15) is 5.82 Å². The normalized spacial score (nSPS) is 21.4. The molecule has 1 fully saturated rings. The van der Waals surface area contributed by atoms with Gasteiger partial charge >= 0.3 is 5.97 Å². The van der Waals surface area contributed by atoms with Crippen LogP contribution >= 0.6 is 0 Å². The third-order valence-corrected chi connectivity index (χ3v) is 3.13. The summed E-state index contributed by atoms with van der Waals surface area (Å²) in [7, 11) is 0. The Morgan fingerprint density at radius 1 is 1.44 bits per heavy atom. The van der Waals surface area contributed by atoms with E-state index in [0.717, 1.165) is 5.56 Å². The van der Waals surface area contributed by atoms with Crippen LogP contribution in [0.5, 0.6) is 0 Å². The number of carboxylic acid groups (broad SMARTS) is 1. The molecule has 1 saturated carbocycles. The van der Waals surface area contributed by atoms with E-state index in [0.29, 0.717) is 18.5 Å². The molecule has 2 atom stereocenters. The summed E-state index contributed by atoms with van der Waals surface area (Å²) in [4.78, 5) is 22.2. The third kappa shape index (κ3) is 2.67. The zero-order valence-electron chi connectivity index (χ0n) is 9.94. The van der Waals surface area contributed by atoms with Gasteiger partial charge in [0.2, 0.25) is 5.91 Å². The molecule has 2 unspecified atom stereocenters. The van der Waals surface area contributed by atoms with Crippen LogP contribution in [-0.4, -0.2) is 17.0 Å². The van der Waals surface area contributed by atoms with Crippen LogP contribution in [-0.2, 0) is 16.1 Å². The first kappa shape index (κ1) is 12.5. The van der Waals surface area contributed by atoms with Gasteiger partial charge in [0.05, 0.1) is 11.8 Å². The minimum absolute atomic E-state index is 0.246. The number of nitrogens with one attached hydrogen (secondary N) is 1. The smallest absolute Gasteiger partial charge is 0.307 e. The van der Waals surface area contributed by atoms with E-state index < -0.39 is 17.8 Å². The van der Waals surface area contributed by atoms with E-state index in [9.17, 15) is 14.0 Å². The summed E-state index contributed by atoms with van der Waals surface area (Å²) >= 11 is 0. The molecule has 0 aromatic heterocycles. The van der Waals surface area contributed by atoms with Crippen molar-refractivity contribution in [2.45, 2.75) is 19.9 Å². The number of amides is 1. The summed E-state index contributed by atoms with van der Waals surface area (Å²) in [6.07, 6.45) is 0.406. The van der Waals surface area contributed by atoms with Gasteiger partial charge in [-0.05, 0) is 30.5 Å². The number of hydrogen-bond acceptors (Lipinski definition) is 2. The summed E-state index contributed by atoms with van der Waals surface area (Å²) in [5.74, 6) is -2.40. The molecule has 1 aromatic rings. The van der Waals surface area contributed by atoms with Gasteiger partial charge in [0, 0.05) is 6.54 Å². The highest BCUT2D eigenvalue weighted by molar-refractivity contribution is 5.89. The summed E-state index contributed by atoms with van der Waals surface area (Å²) < 4.78 is 13.0. The van der Waals surface area contributed by atoms with E-state index in [1.54, 1.807) is 19.1 Å². The van der Waals surface area contributed by atoms with Crippen molar-refractivity contribution >= 4 is 11.9 Å². The SMILES string of the molecule is Cc1cc(CNC(=O)C2CC2C(=O)O)ccc1F. The van der Waals surface area contributed by atoms with Crippen molar-refractivity contribution in [1.82, 2.24) is 5.32 Å². The molecule has 0 saturated heterocycles. The Morgan fingerprint density at radius 3 is 2.72 bits per heavy atom. The standard InChI is InChI=1S/C13H14FNO3/c1-7-4-8(2-3-11(7)14)6-15-12(16)9-5-10(9)13(17)18/h2-4,9-10H,5-6H2,1H3,(H,15,16)(H,17,18). The molecular weight excluding hydrogens is 237 g/mol. The highest BCUT2D eigenvalue weighted by Crippen LogP contribution is 2.38. The number of rotatable bonds is 4. The van der Waals surface area contributed by atoms with Crippen molar-refractivity contribution in [3.63, 3.8) is 0 Å². The minimum Gasteiger partial charge on any atom is -0.481 e. The second-order valence-electron chi connectivity index (χ2n) is 4.59. The van der Waals surface area contributed by atoms with Gasteiger partial charge in [-0.3, -0.25) is 9.59 Å². The molecule has 1 aliphatic carbocycles. The average molecular weight is 251 g/mol. The van der Waals surface area contributed by atoms with Crippen LogP contribution in [0, 0.1) is 24.6 Å². The van der Waals surface area contributed by atoms with Crippen molar-refractivity contribution in [1.29, 1.82) is 0 Å². The minimum atomic E-state index is -0.923. The molecule has 0 aliphatic heterocycles. The second kappa shape index (κ2) is 4.76.